The highest BCUT2D eigenvalue weighted by atomic mass is 32.2. The summed E-state index contributed by atoms with van der Waals surface area (Å²) in [5, 5.41) is 0.673. The molecule has 4 heteroatoms. The van der Waals surface area contributed by atoms with Gasteiger partial charge in [0.2, 0.25) is 0 Å². The van der Waals surface area contributed by atoms with E-state index < -0.39 is 0 Å². The maximum Gasteiger partial charge on any atom is 0.185 e. The van der Waals surface area contributed by atoms with Gasteiger partial charge in [0, 0.05) is 0 Å². The molecule has 0 spiro atoms. The number of furan rings is 1. The van der Waals surface area contributed by atoms with Crippen LogP contribution in [-0.2, 0) is 0 Å². The van der Waals surface area contributed by atoms with Gasteiger partial charge >= 0.3 is 0 Å². The molecule has 0 radical (unpaired) electrons. The summed E-state index contributed by atoms with van der Waals surface area (Å²) in [6, 6.07) is 11.1. The standard InChI is InChI=1S/C12H10O3S/c1-14-10-4-2-3-5-11(10)16-12-7-6-9(8-13)15-12/h2-8H,1H3. The van der Waals surface area contributed by atoms with Gasteiger partial charge in [-0.05, 0) is 36.0 Å². The molecule has 1 aromatic heterocycles. The largest absolute Gasteiger partial charge is 0.496 e. The zero-order chi connectivity index (χ0) is 11.4. The number of rotatable bonds is 4. The molecule has 16 heavy (non-hydrogen) atoms. The summed E-state index contributed by atoms with van der Waals surface area (Å²) >= 11 is 1.42. The van der Waals surface area contributed by atoms with Crippen LogP contribution in [0.25, 0.3) is 0 Å². The van der Waals surface area contributed by atoms with E-state index in [0.29, 0.717) is 17.1 Å². The van der Waals surface area contributed by atoms with Crippen LogP contribution in [0.3, 0.4) is 0 Å². The molecule has 2 rings (SSSR count). The van der Waals surface area contributed by atoms with E-state index in [-0.39, 0.29) is 0 Å². The Labute approximate surface area is 97.4 Å². The highest BCUT2D eigenvalue weighted by Gasteiger charge is 2.07. The fourth-order valence-corrected chi connectivity index (χ4v) is 2.15. The number of hydrogen-bond acceptors (Lipinski definition) is 4. The second-order valence-corrected chi connectivity index (χ2v) is 4.07. The highest BCUT2D eigenvalue weighted by Crippen LogP contribution is 2.35. The molecule has 0 aliphatic carbocycles. The summed E-state index contributed by atoms with van der Waals surface area (Å²) in [6.45, 7) is 0. The van der Waals surface area contributed by atoms with Crippen molar-refractivity contribution in [2.24, 2.45) is 0 Å². The summed E-state index contributed by atoms with van der Waals surface area (Å²) in [6.07, 6.45) is 0.687. The molecular weight excluding hydrogens is 224 g/mol. The van der Waals surface area contributed by atoms with Crippen LogP contribution in [0.4, 0.5) is 0 Å². The van der Waals surface area contributed by atoms with Crippen molar-refractivity contribution in [3.05, 3.63) is 42.2 Å². The zero-order valence-electron chi connectivity index (χ0n) is 8.67. The summed E-state index contributed by atoms with van der Waals surface area (Å²) in [5.74, 6) is 1.12. The van der Waals surface area contributed by atoms with Crippen molar-refractivity contribution in [3.8, 4) is 5.75 Å². The fraction of sp³-hybridized carbons (Fsp3) is 0.0833. The first-order valence-electron chi connectivity index (χ1n) is 4.69. The van der Waals surface area contributed by atoms with Crippen molar-refractivity contribution in [1.82, 2.24) is 0 Å². The predicted octanol–water partition coefficient (Wildman–Crippen LogP) is 3.25. The molecule has 0 aliphatic rings. The lowest BCUT2D eigenvalue weighted by Gasteiger charge is -2.05. The van der Waals surface area contributed by atoms with Gasteiger partial charge in [0.05, 0.1) is 12.0 Å². The van der Waals surface area contributed by atoms with Gasteiger partial charge in [-0.15, -0.1) is 0 Å². The molecule has 2 aromatic rings. The molecule has 3 nitrogen and oxygen atoms in total. The van der Waals surface area contributed by atoms with Crippen molar-refractivity contribution in [1.29, 1.82) is 0 Å². The minimum absolute atomic E-state index is 0.331. The molecule has 1 heterocycles. The molecule has 0 amide bonds. The lowest BCUT2D eigenvalue weighted by atomic mass is 10.3. The Morgan fingerprint density at radius 3 is 2.75 bits per heavy atom. The molecule has 1 aromatic carbocycles. The van der Waals surface area contributed by atoms with Crippen LogP contribution in [0.1, 0.15) is 10.6 Å². The van der Waals surface area contributed by atoms with Gasteiger partial charge in [0.15, 0.2) is 17.1 Å². The fourth-order valence-electron chi connectivity index (χ4n) is 1.26. The molecule has 0 bridgehead atoms. The van der Waals surface area contributed by atoms with Crippen LogP contribution >= 0.6 is 11.8 Å². The third-order valence-corrected chi connectivity index (χ3v) is 2.98. The number of aldehydes is 1. The molecule has 82 valence electrons. The maximum absolute atomic E-state index is 10.5. The Bertz CT molecular complexity index is 491. The van der Waals surface area contributed by atoms with Gasteiger partial charge in [-0.25, -0.2) is 0 Å². The maximum atomic E-state index is 10.5. The number of methoxy groups -OCH3 is 1. The normalized spacial score (nSPS) is 10.1. The predicted molar refractivity (Wildman–Crippen MR) is 61.2 cm³/mol. The molecule has 0 saturated carbocycles. The molecule has 0 N–H and O–H groups in total. The topological polar surface area (TPSA) is 39.4 Å². The van der Waals surface area contributed by atoms with Crippen molar-refractivity contribution in [3.63, 3.8) is 0 Å². The highest BCUT2D eigenvalue weighted by molar-refractivity contribution is 7.99. The number of carbonyl (C=O) groups excluding carboxylic acids is 1. The van der Waals surface area contributed by atoms with E-state index in [9.17, 15) is 4.79 Å². The lowest BCUT2D eigenvalue weighted by Crippen LogP contribution is -1.84. The summed E-state index contributed by atoms with van der Waals surface area (Å²) < 4.78 is 10.5. The molecular formula is C12H10O3S. The van der Waals surface area contributed by atoms with Gasteiger partial charge in [0.1, 0.15) is 5.75 Å². The van der Waals surface area contributed by atoms with E-state index in [1.165, 1.54) is 11.8 Å². The van der Waals surface area contributed by atoms with Gasteiger partial charge in [-0.1, -0.05) is 12.1 Å². The van der Waals surface area contributed by atoms with Crippen LogP contribution in [0.5, 0.6) is 5.75 Å². The zero-order valence-corrected chi connectivity index (χ0v) is 9.49. The smallest absolute Gasteiger partial charge is 0.185 e. The van der Waals surface area contributed by atoms with Crippen LogP contribution in [0.2, 0.25) is 0 Å². The second kappa shape index (κ2) is 4.90. The average molecular weight is 234 g/mol. The minimum atomic E-state index is 0.331. The quantitative estimate of drug-likeness (QED) is 0.761. The van der Waals surface area contributed by atoms with E-state index in [2.05, 4.69) is 0 Å². The average Bonchev–Trinajstić information content (AvgIpc) is 2.77. The van der Waals surface area contributed by atoms with Gasteiger partial charge < -0.3 is 9.15 Å². The summed E-state index contributed by atoms with van der Waals surface area (Å²) in [4.78, 5) is 11.4. The van der Waals surface area contributed by atoms with Crippen molar-refractivity contribution >= 4 is 18.0 Å². The Kier molecular flexibility index (Phi) is 3.31. The van der Waals surface area contributed by atoms with E-state index >= 15 is 0 Å². The van der Waals surface area contributed by atoms with Crippen LogP contribution in [-0.4, -0.2) is 13.4 Å². The third-order valence-electron chi connectivity index (χ3n) is 2.00. The molecule has 0 aliphatic heterocycles. The third kappa shape index (κ3) is 2.28. The molecule has 0 unspecified atom stereocenters. The molecule has 0 fully saturated rings. The monoisotopic (exact) mass is 234 g/mol. The first kappa shape index (κ1) is 10.8. The second-order valence-electron chi connectivity index (χ2n) is 3.03. The van der Waals surface area contributed by atoms with E-state index in [0.717, 1.165) is 10.6 Å². The summed E-state index contributed by atoms with van der Waals surface area (Å²) in [7, 11) is 1.62. The van der Waals surface area contributed by atoms with E-state index in [1.807, 2.05) is 24.3 Å². The van der Waals surface area contributed by atoms with Crippen LogP contribution < -0.4 is 4.74 Å². The Morgan fingerprint density at radius 1 is 1.25 bits per heavy atom. The van der Waals surface area contributed by atoms with Gasteiger partial charge in [-0.3, -0.25) is 4.79 Å². The molecule has 0 atom stereocenters. The minimum Gasteiger partial charge on any atom is -0.496 e. The van der Waals surface area contributed by atoms with Crippen LogP contribution in [0, 0.1) is 0 Å². The Hall–Kier alpha value is -1.68. The summed E-state index contributed by atoms with van der Waals surface area (Å²) in [5.41, 5.74) is 0. The Morgan fingerprint density at radius 2 is 2.06 bits per heavy atom. The van der Waals surface area contributed by atoms with Gasteiger partial charge in [0.25, 0.3) is 0 Å². The Balaban J connectivity index is 2.22. The number of carbonyl (C=O) groups is 1. The number of para-hydroxylation sites is 1. The van der Waals surface area contributed by atoms with Crippen molar-refractivity contribution < 1.29 is 13.9 Å². The van der Waals surface area contributed by atoms with E-state index in [4.69, 9.17) is 9.15 Å². The van der Waals surface area contributed by atoms with Crippen molar-refractivity contribution in [2.75, 3.05) is 7.11 Å². The SMILES string of the molecule is COc1ccccc1Sc1ccc(C=O)o1. The number of ether oxygens (including phenoxy) is 1. The van der Waals surface area contributed by atoms with E-state index in [1.54, 1.807) is 19.2 Å². The number of benzene rings is 1. The number of hydrogen-bond donors (Lipinski definition) is 0. The van der Waals surface area contributed by atoms with Gasteiger partial charge in [-0.2, -0.15) is 0 Å². The van der Waals surface area contributed by atoms with Crippen molar-refractivity contribution in [2.45, 2.75) is 9.99 Å². The first-order valence-corrected chi connectivity index (χ1v) is 5.51. The lowest BCUT2D eigenvalue weighted by molar-refractivity contribution is 0.109. The molecule has 0 saturated heterocycles. The van der Waals surface area contributed by atoms with Crippen LogP contribution in [0.15, 0.2) is 50.8 Å². The first-order chi connectivity index (χ1) is 7.83.